The maximum atomic E-state index is 6.01. The number of guanidine groups is 2. The Morgan fingerprint density at radius 1 is 1.04 bits per heavy atom. The maximum absolute atomic E-state index is 6.01. The van der Waals surface area contributed by atoms with E-state index in [9.17, 15) is 0 Å². The quantitative estimate of drug-likeness (QED) is 0.769. The lowest BCUT2D eigenvalue weighted by atomic mass is 10.0. The lowest BCUT2D eigenvalue weighted by molar-refractivity contribution is -0.158. The maximum Gasteiger partial charge on any atom is 0.226 e. The van der Waals surface area contributed by atoms with Crippen LogP contribution in [0, 0.1) is 27.7 Å². The topological polar surface area (TPSA) is 98.5 Å². The molecule has 0 atom stereocenters. The van der Waals surface area contributed by atoms with Crippen molar-refractivity contribution in [1.29, 1.82) is 0 Å². The highest BCUT2D eigenvalue weighted by atomic mass is 16.7. The summed E-state index contributed by atoms with van der Waals surface area (Å²) in [5, 5.41) is 1.48. The Bertz CT molecular complexity index is 684. The zero-order valence-corrected chi connectivity index (χ0v) is 16.0. The van der Waals surface area contributed by atoms with Gasteiger partial charge in [-0.15, -0.1) is 0 Å². The summed E-state index contributed by atoms with van der Waals surface area (Å²) in [6, 6.07) is 2.19. The number of hydrogen-bond acceptors (Lipinski definition) is 7. The molecule has 4 N–H and O–H groups in total. The van der Waals surface area contributed by atoms with Crippen LogP contribution in [0.4, 0.5) is 0 Å². The molecule has 0 saturated carbocycles. The standard InChI is InChI=1S/C18H29N5O2/c1-11-10-12(2)14(4)15(13(11)3)24-8-7-9-25-23-17(20)21-16(19)22-18(23,5)6/h10H,7-9H2,1-6H3,(H4,19,20,21,22). The number of aryl methyl sites for hydroxylation is 2. The van der Waals surface area contributed by atoms with Gasteiger partial charge in [0.05, 0.1) is 13.2 Å². The van der Waals surface area contributed by atoms with Crippen molar-refractivity contribution in [3.8, 4) is 5.75 Å². The van der Waals surface area contributed by atoms with E-state index in [1.165, 1.54) is 27.3 Å². The van der Waals surface area contributed by atoms with Gasteiger partial charge in [-0.25, -0.2) is 4.99 Å². The molecule has 0 saturated heterocycles. The molecule has 0 amide bonds. The number of hydroxylamine groups is 2. The van der Waals surface area contributed by atoms with E-state index >= 15 is 0 Å². The van der Waals surface area contributed by atoms with Gasteiger partial charge >= 0.3 is 0 Å². The van der Waals surface area contributed by atoms with Gasteiger partial charge < -0.3 is 16.2 Å². The fourth-order valence-electron chi connectivity index (χ4n) is 2.80. The molecule has 0 fully saturated rings. The van der Waals surface area contributed by atoms with E-state index in [2.05, 4.69) is 43.7 Å². The molecule has 0 spiro atoms. The molecule has 7 nitrogen and oxygen atoms in total. The van der Waals surface area contributed by atoms with E-state index in [0.29, 0.717) is 19.6 Å². The number of hydrogen-bond donors (Lipinski definition) is 2. The van der Waals surface area contributed by atoms with E-state index in [1.807, 2.05) is 13.8 Å². The van der Waals surface area contributed by atoms with Crippen molar-refractivity contribution in [2.45, 2.75) is 53.6 Å². The van der Waals surface area contributed by atoms with E-state index in [1.54, 1.807) is 0 Å². The van der Waals surface area contributed by atoms with Gasteiger partial charge in [0.2, 0.25) is 11.9 Å². The van der Waals surface area contributed by atoms with E-state index in [-0.39, 0.29) is 11.9 Å². The van der Waals surface area contributed by atoms with Crippen LogP contribution in [-0.2, 0) is 4.84 Å². The van der Waals surface area contributed by atoms with Crippen molar-refractivity contribution < 1.29 is 9.57 Å². The molecule has 0 unspecified atom stereocenters. The summed E-state index contributed by atoms with van der Waals surface area (Å²) in [7, 11) is 0. The Balaban J connectivity index is 1.88. The van der Waals surface area contributed by atoms with E-state index in [0.717, 1.165) is 5.75 Å². The smallest absolute Gasteiger partial charge is 0.226 e. The number of nitrogens with two attached hydrogens (primary N) is 2. The molecule has 7 heteroatoms. The van der Waals surface area contributed by atoms with Crippen LogP contribution < -0.4 is 16.2 Å². The van der Waals surface area contributed by atoms with Crippen molar-refractivity contribution in [2.75, 3.05) is 13.2 Å². The highest BCUT2D eigenvalue weighted by Crippen LogP contribution is 2.29. The molecular weight excluding hydrogens is 318 g/mol. The number of ether oxygens (including phenoxy) is 1. The predicted octanol–water partition coefficient (Wildman–Crippen LogP) is 2.30. The largest absolute Gasteiger partial charge is 0.493 e. The molecule has 0 aromatic heterocycles. The fraction of sp³-hybridized carbons (Fsp3) is 0.556. The first kappa shape index (κ1) is 19.1. The zero-order chi connectivity index (χ0) is 18.8. The average Bonchev–Trinajstić information content (AvgIpc) is 2.49. The summed E-state index contributed by atoms with van der Waals surface area (Å²) in [4.78, 5) is 13.9. The van der Waals surface area contributed by atoms with Gasteiger partial charge in [0.15, 0.2) is 5.66 Å². The summed E-state index contributed by atoms with van der Waals surface area (Å²) in [5.41, 5.74) is 15.7. The van der Waals surface area contributed by atoms with Crippen molar-refractivity contribution in [3.05, 3.63) is 28.3 Å². The first-order valence-corrected chi connectivity index (χ1v) is 8.46. The Hall–Kier alpha value is -2.28. The molecule has 0 bridgehead atoms. The molecule has 2 rings (SSSR count). The second-order valence-corrected chi connectivity index (χ2v) is 6.85. The molecule has 1 heterocycles. The number of rotatable bonds is 6. The van der Waals surface area contributed by atoms with Gasteiger partial charge in [-0.2, -0.15) is 10.1 Å². The summed E-state index contributed by atoms with van der Waals surface area (Å²) < 4.78 is 6.01. The summed E-state index contributed by atoms with van der Waals surface area (Å²) in [5.74, 6) is 1.33. The van der Waals surface area contributed by atoms with Gasteiger partial charge in [-0.1, -0.05) is 6.07 Å². The van der Waals surface area contributed by atoms with Crippen molar-refractivity contribution in [1.82, 2.24) is 5.06 Å². The normalized spacial score (nSPS) is 16.5. The molecule has 0 aliphatic carbocycles. The Labute approximate surface area is 149 Å². The van der Waals surface area contributed by atoms with Crippen LogP contribution in [0.1, 0.15) is 42.5 Å². The molecule has 1 aromatic rings. The van der Waals surface area contributed by atoms with Gasteiger partial charge in [0.1, 0.15) is 5.75 Å². The van der Waals surface area contributed by atoms with Crippen LogP contribution in [0.2, 0.25) is 0 Å². The summed E-state index contributed by atoms with van der Waals surface area (Å²) >= 11 is 0. The lowest BCUT2D eigenvalue weighted by Gasteiger charge is -2.36. The van der Waals surface area contributed by atoms with Gasteiger partial charge in [-0.3, -0.25) is 4.84 Å². The summed E-state index contributed by atoms with van der Waals surface area (Å²) in [6.45, 7) is 13.1. The van der Waals surface area contributed by atoms with Crippen LogP contribution in [0.3, 0.4) is 0 Å². The molecule has 1 aliphatic rings. The highest BCUT2D eigenvalue weighted by molar-refractivity contribution is 5.95. The Morgan fingerprint density at radius 2 is 1.64 bits per heavy atom. The van der Waals surface area contributed by atoms with Gasteiger partial charge in [-0.05, 0) is 63.8 Å². The van der Waals surface area contributed by atoms with Crippen LogP contribution >= 0.6 is 0 Å². The van der Waals surface area contributed by atoms with Crippen LogP contribution in [-0.4, -0.2) is 35.9 Å². The van der Waals surface area contributed by atoms with Gasteiger partial charge in [0, 0.05) is 6.42 Å². The number of benzene rings is 1. The van der Waals surface area contributed by atoms with E-state index < -0.39 is 5.66 Å². The predicted molar refractivity (Wildman–Crippen MR) is 101 cm³/mol. The zero-order valence-electron chi connectivity index (χ0n) is 16.0. The second kappa shape index (κ2) is 7.31. The minimum atomic E-state index is -0.683. The minimum Gasteiger partial charge on any atom is -0.493 e. The van der Waals surface area contributed by atoms with E-state index in [4.69, 9.17) is 21.0 Å². The number of nitrogens with zero attached hydrogens (tertiary/aromatic N) is 3. The third kappa shape index (κ3) is 4.22. The SMILES string of the molecule is Cc1cc(C)c(C)c(OCCCON2C(N)=NC(N)=NC2(C)C)c1C. The monoisotopic (exact) mass is 347 g/mol. The van der Waals surface area contributed by atoms with Crippen LogP contribution in [0.25, 0.3) is 0 Å². The third-order valence-corrected chi connectivity index (χ3v) is 4.38. The second-order valence-electron chi connectivity index (χ2n) is 6.85. The van der Waals surface area contributed by atoms with Crippen molar-refractivity contribution >= 4 is 11.9 Å². The molecular formula is C18H29N5O2. The average molecular weight is 347 g/mol. The first-order valence-electron chi connectivity index (χ1n) is 8.46. The first-order chi connectivity index (χ1) is 11.6. The molecule has 0 radical (unpaired) electrons. The molecule has 1 aromatic carbocycles. The molecule has 138 valence electrons. The third-order valence-electron chi connectivity index (χ3n) is 4.38. The highest BCUT2D eigenvalue weighted by Gasteiger charge is 2.32. The van der Waals surface area contributed by atoms with Crippen LogP contribution in [0.5, 0.6) is 5.75 Å². The summed E-state index contributed by atoms with van der Waals surface area (Å²) in [6.07, 6.45) is 0.713. The fourth-order valence-corrected chi connectivity index (χ4v) is 2.80. The minimum absolute atomic E-state index is 0.159. The lowest BCUT2D eigenvalue weighted by Crippen LogP contribution is -2.53. The number of aliphatic imine (C=N–C) groups is 2. The van der Waals surface area contributed by atoms with Crippen molar-refractivity contribution in [3.63, 3.8) is 0 Å². The van der Waals surface area contributed by atoms with Crippen molar-refractivity contribution in [2.24, 2.45) is 21.5 Å². The Morgan fingerprint density at radius 3 is 2.20 bits per heavy atom. The Kier molecular flexibility index (Phi) is 5.57. The van der Waals surface area contributed by atoms with Crippen LogP contribution in [0.15, 0.2) is 16.1 Å². The molecule has 25 heavy (non-hydrogen) atoms. The molecule has 1 aliphatic heterocycles. The van der Waals surface area contributed by atoms with Gasteiger partial charge in [0.25, 0.3) is 0 Å².